The Balaban J connectivity index is 2.63. The molecule has 0 N–H and O–H groups in total. The molecule has 0 fully saturated rings. The van der Waals surface area contributed by atoms with Crippen LogP contribution in [0.1, 0.15) is 11.4 Å². The number of allylic oxidation sites excluding steroid dienone is 1. The van der Waals surface area contributed by atoms with Gasteiger partial charge in [0.2, 0.25) is 0 Å². The lowest BCUT2D eigenvalue weighted by atomic mass is 10.3. The largest absolute Gasteiger partial charge is 0.236 e. The van der Waals surface area contributed by atoms with Crippen LogP contribution in [0.2, 0.25) is 5.15 Å². The summed E-state index contributed by atoms with van der Waals surface area (Å²) in [5.74, 6) is 0. The molecule has 0 unspecified atom stereocenters. The second-order valence-corrected chi connectivity index (χ2v) is 3.35. The second kappa shape index (κ2) is 2.57. The van der Waals surface area contributed by atoms with Gasteiger partial charge >= 0.3 is 0 Å². The molecule has 1 heterocycles. The van der Waals surface area contributed by atoms with Crippen LogP contribution in [-0.2, 0) is 6.42 Å². The molecule has 0 saturated heterocycles. The van der Waals surface area contributed by atoms with E-state index in [2.05, 4.69) is 25.9 Å². The van der Waals surface area contributed by atoms with Crippen LogP contribution in [0.3, 0.4) is 0 Å². The molecule has 1 aliphatic rings. The zero-order valence-electron chi connectivity index (χ0n) is 5.51. The van der Waals surface area contributed by atoms with Gasteiger partial charge in [-0.05, 0) is 22.0 Å². The Hall–Kier alpha value is -0.410. The summed E-state index contributed by atoms with van der Waals surface area (Å²) in [6.07, 6.45) is 4.81. The predicted molar refractivity (Wildman–Crippen MR) is 47.5 cm³/mol. The molecule has 0 aliphatic heterocycles. The summed E-state index contributed by atoms with van der Waals surface area (Å²) in [6.45, 7) is 0. The maximum absolute atomic E-state index is 5.74. The Kier molecular flexibility index (Phi) is 1.69. The summed E-state index contributed by atoms with van der Waals surface area (Å²) in [5.41, 5.74) is 1.87. The van der Waals surface area contributed by atoms with Crippen molar-refractivity contribution in [2.45, 2.75) is 6.42 Å². The van der Waals surface area contributed by atoms with E-state index in [1.807, 2.05) is 12.2 Å². The smallest absolute Gasteiger partial charge is 0.162 e. The first-order chi connectivity index (χ1) is 5.27. The fraction of sp³-hybridized carbons (Fsp3) is 0.143. The van der Waals surface area contributed by atoms with Crippen molar-refractivity contribution in [3.8, 4) is 0 Å². The Labute approximate surface area is 77.4 Å². The van der Waals surface area contributed by atoms with Gasteiger partial charge in [-0.2, -0.15) is 0 Å². The van der Waals surface area contributed by atoms with Crippen molar-refractivity contribution in [2.24, 2.45) is 0 Å². The molecule has 1 aromatic heterocycles. The zero-order valence-corrected chi connectivity index (χ0v) is 7.85. The first-order valence-electron chi connectivity index (χ1n) is 3.16. The Morgan fingerprint density at radius 3 is 3.09 bits per heavy atom. The fourth-order valence-electron chi connectivity index (χ4n) is 1.00. The number of aromatic nitrogens is 2. The van der Waals surface area contributed by atoms with E-state index in [0.717, 1.165) is 17.8 Å². The van der Waals surface area contributed by atoms with Crippen LogP contribution < -0.4 is 0 Å². The second-order valence-electron chi connectivity index (χ2n) is 2.24. The molecule has 0 saturated carbocycles. The molecule has 0 aromatic carbocycles. The molecule has 1 aliphatic carbocycles. The average Bonchev–Trinajstić information content (AvgIpc) is 2.36. The lowest BCUT2D eigenvalue weighted by Gasteiger charge is -1.98. The van der Waals surface area contributed by atoms with Gasteiger partial charge in [0.15, 0.2) is 5.15 Å². The van der Waals surface area contributed by atoms with E-state index in [9.17, 15) is 0 Å². The van der Waals surface area contributed by atoms with Crippen LogP contribution in [0.15, 0.2) is 10.7 Å². The van der Waals surface area contributed by atoms with Gasteiger partial charge in [0.1, 0.15) is 4.60 Å². The zero-order chi connectivity index (χ0) is 7.84. The number of hydrogen-bond donors (Lipinski definition) is 0. The van der Waals surface area contributed by atoms with Crippen LogP contribution in [-0.4, -0.2) is 9.97 Å². The van der Waals surface area contributed by atoms with E-state index in [0.29, 0.717) is 9.76 Å². The van der Waals surface area contributed by atoms with Gasteiger partial charge in [0.05, 0.1) is 11.4 Å². The minimum absolute atomic E-state index is 0.437. The first-order valence-corrected chi connectivity index (χ1v) is 4.33. The summed E-state index contributed by atoms with van der Waals surface area (Å²) >= 11 is 8.95. The van der Waals surface area contributed by atoms with Crippen molar-refractivity contribution in [3.63, 3.8) is 0 Å². The molecular weight excluding hydrogens is 227 g/mol. The molecule has 2 nitrogen and oxygen atoms in total. The lowest BCUT2D eigenvalue weighted by molar-refractivity contribution is 1.05. The SMILES string of the molecule is Clc1nc2c(nc1Br)C=CC2. The quantitative estimate of drug-likeness (QED) is 0.685. The topological polar surface area (TPSA) is 25.8 Å². The molecule has 2 rings (SSSR count). The van der Waals surface area contributed by atoms with Crippen molar-refractivity contribution in [1.82, 2.24) is 9.97 Å². The molecule has 56 valence electrons. The monoisotopic (exact) mass is 230 g/mol. The van der Waals surface area contributed by atoms with E-state index in [-0.39, 0.29) is 0 Å². The molecule has 0 radical (unpaired) electrons. The molecule has 0 atom stereocenters. The van der Waals surface area contributed by atoms with Crippen LogP contribution in [0.25, 0.3) is 6.08 Å². The van der Waals surface area contributed by atoms with Gasteiger partial charge in [0, 0.05) is 6.42 Å². The number of fused-ring (bicyclic) bond motifs is 1. The van der Waals surface area contributed by atoms with Crippen LogP contribution in [0, 0.1) is 0 Å². The Morgan fingerprint density at radius 2 is 2.27 bits per heavy atom. The molecule has 0 spiro atoms. The standard InChI is InChI=1S/C7H4BrClN2/c8-6-7(9)11-5-3-1-2-4(5)10-6/h1-2H,3H2. The van der Waals surface area contributed by atoms with Gasteiger partial charge in [-0.1, -0.05) is 17.7 Å². The van der Waals surface area contributed by atoms with E-state index >= 15 is 0 Å². The number of nitrogens with zero attached hydrogens (tertiary/aromatic N) is 2. The highest BCUT2D eigenvalue weighted by Crippen LogP contribution is 2.23. The highest BCUT2D eigenvalue weighted by Gasteiger charge is 2.10. The van der Waals surface area contributed by atoms with Gasteiger partial charge < -0.3 is 0 Å². The maximum atomic E-state index is 5.74. The average molecular weight is 231 g/mol. The number of rotatable bonds is 0. The van der Waals surface area contributed by atoms with Crippen molar-refractivity contribution < 1.29 is 0 Å². The summed E-state index contributed by atoms with van der Waals surface area (Å²) in [6, 6.07) is 0. The molecule has 0 bridgehead atoms. The van der Waals surface area contributed by atoms with Gasteiger partial charge in [-0.3, -0.25) is 0 Å². The normalized spacial score (nSPS) is 13.6. The van der Waals surface area contributed by atoms with E-state index in [1.54, 1.807) is 0 Å². The molecule has 0 amide bonds. The Bertz CT molecular complexity index is 335. The maximum Gasteiger partial charge on any atom is 0.162 e. The third-order valence-electron chi connectivity index (χ3n) is 1.50. The van der Waals surface area contributed by atoms with Crippen LogP contribution in [0.4, 0.5) is 0 Å². The predicted octanol–water partition coefficient (Wildman–Crippen LogP) is 2.46. The van der Waals surface area contributed by atoms with Crippen molar-refractivity contribution in [1.29, 1.82) is 0 Å². The summed E-state index contributed by atoms with van der Waals surface area (Å²) in [7, 11) is 0. The summed E-state index contributed by atoms with van der Waals surface area (Å²) in [5, 5.41) is 0.437. The third kappa shape index (κ3) is 1.19. The lowest BCUT2D eigenvalue weighted by Crippen LogP contribution is -1.93. The van der Waals surface area contributed by atoms with E-state index in [4.69, 9.17) is 11.6 Å². The Morgan fingerprint density at radius 1 is 1.45 bits per heavy atom. The van der Waals surface area contributed by atoms with E-state index in [1.165, 1.54) is 0 Å². The number of halogens is 2. The van der Waals surface area contributed by atoms with Crippen molar-refractivity contribution in [2.75, 3.05) is 0 Å². The fourth-order valence-corrected chi connectivity index (χ4v) is 1.43. The summed E-state index contributed by atoms with van der Waals surface area (Å²) < 4.78 is 0.615. The van der Waals surface area contributed by atoms with Gasteiger partial charge in [-0.15, -0.1) is 0 Å². The van der Waals surface area contributed by atoms with Gasteiger partial charge in [-0.25, -0.2) is 9.97 Å². The number of hydrogen-bond acceptors (Lipinski definition) is 2. The first kappa shape index (κ1) is 7.25. The third-order valence-corrected chi connectivity index (χ3v) is 2.55. The van der Waals surface area contributed by atoms with Crippen molar-refractivity contribution in [3.05, 3.63) is 27.2 Å². The van der Waals surface area contributed by atoms with Crippen LogP contribution >= 0.6 is 27.5 Å². The van der Waals surface area contributed by atoms with Crippen molar-refractivity contribution >= 4 is 33.6 Å². The highest BCUT2D eigenvalue weighted by molar-refractivity contribution is 9.10. The molecule has 4 heteroatoms. The van der Waals surface area contributed by atoms with E-state index < -0.39 is 0 Å². The highest BCUT2D eigenvalue weighted by atomic mass is 79.9. The molecule has 11 heavy (non-hydrogen) atoms. The van der Waals surface area contributed by atoms with Crippen LogP contribution in [0.5, 0.6) is 0 Å². The minimum atomic E-state index is 0.437. The van der Waals surface area contributed by atoms with Gasteiger partial charge in [0.25, 0.3) is 0 Å². The summed E-state index contributed by atoms with van der Waals surface area (Å²) in [4.78, 5) is 8.34. The minimum Gasteiger partial charge on any atom is -0.236 e. The molecular formula is C7H4BrClN2. The molecule has 1 aromatic rings.